The van der Waals surface area contributed by atoms with Gasteiger partial charge >= 0.3 is 0 Å². The van der Waals surface area contributed by atoms with Crippen molar-refractivity contribution in [3.05, 3.63) is 34.9 Å². The summed E-state index contributed by atoms with van der Waals surface area (Å²) in [6.07, 6.45) is 3.40. The quantitative estimate of drug-likeness (QED) is 0.872. The second kappa shape index (κ2) is 6.99. The minimum atomic E-state index is -3.03. The SMILES string of the molecule is Cl.NCC(F)(F)CNC(=O)Cc1ccc2c(c1)CCC2. The lowest BCUT2D eigenvalue weighted by Crippen LogP contribution is -2.42. The molecule has 1 aliphatic rings. The van der Waals surface area contributed by atoms with Crippen molar-refractivity contribution in [2.45, 2.75) is 31.6 Å². The van der Waals surface area contributed by atoms with Crippen LogP contribution in [0.15, 0.2) is 18.2 Å². The topological polar surface area (TPSA) is 55.1 Å². The largest absolute Gasteiger partial charge is 0.350 e. The van der Waals surface area contributed by atoms with E-state index in [2.05, 4.69) is 5.32 Å². The Kier molecular flexibility index (Phi) is 5.89. The zero-order chi connectivity index (χ0) is 13.9. The van der Waals surface area contributed by atoms with Crippen molar-refractivity contribution in [3.8, 4) is 0 Å². The third-order valence-corrected chi connectivity index (χ3v) is 3.37. The van der Waals surface area contributed by atoms with E-state index in [9.17, 15) is 13.6 Å². The predicted octanol–water partition coefficient (Wildman–Crippen LogP) is 1.85. The molecule has 0 saturated heterocycles. The third kappa shape index (κ3) is 4.42. The van der Waals surface area contributed by atoms with Crippen LogP contribution in [0.4, 0.5) is 8.78 Å². The van der Waals surface area contributed by atoms with Gasteiger partial charge in [0.15, 0.2) is 0 Å². The van der Waals surface area contributed by atoms with Gasteiger partial charge in [-0.25, -0.2) is 8.78 Å². The molecule has 1 aromatic rings. The highest BCUT2D eigenvalue weighted by atomic mass is 35.5. The molecule has 1 aliphatic carbocycles. The smallest absolute Gasteiger partial charge is 0.277 e. The van der Waals surface area contributed by atoms with E-state index in [1.54, 1.807) is 0 Å². The molecule has 0 heterocycles. The molecule has 0 radical (unpaired) electrons. The van der Waals surface area contributed by atoms with Crippen molar-refractivity contribution in [2.75, 3.05) is 13.1 Å². The van der Waals surface area contributed by atoms with Crippen LogP contribution >= 0.6 is 12.4 Å². The Morgan fingerprint density at radius 3 is 2.70 bits per heavy atom. The maximum atomic E-state index is 12.9. The van der Waals surface area contributed by atoms with Gasteiger partial charge in [-0.3, -0.25) is 4.79 Å². The van der Waals surface area contributed by atoms with Crippen LogP contribution in [0.3, 0.4) is 0 Å². The van der Waals surface area contributed by atoms with Crippen LogP contribution in [0.25, 0.3) is 0 Å². The minimum absolute atomic E-state index is 0. The number of hydrogen-bond donors (Lipinski definition) is 2. The van der Waals surface area contributed by atoms with Crippen molar-refractivity contribution in [3.63, 3.8) is 0 Å². The summed E-state index contributed by atoms with van der Waals surface area (Å²) in [5.74, 6) is -3.43. The van der Waals surface area contributed by atoms with Gasteiger partial charge in [0, 0.05) is 0 Å². The highest BCUT2D eigenvalue weighted by molar-refractivity contribution is 5.85. The second-order valence-corrected chi connectivity index (χ2v) is 4.97. The van der Waals surface area contributed by atoms with Gasteiger partial charge in [-0.1, -0.05) is 18.2 Å². The van der Waals surface area contributed by atoms with E-state index in [1.807, 2.05) is 18.2 Å². The highest BCUT2D eigenvalue weighted by Gasteiger charge is 2.27. The van der Waals surface area contributed by atoms with E-state index in [0.717, 1.165) is 24.8 Å². The number of nitrogens with one attached hydrogen (secondary N) is 1. The fourth-order valence-electron chi connectivity index (χ4n) is 2.28. The van der Waals surface area contributed by atoms with Gasteiger partial charge < -0.3 is 11.1 Å². The minimum Gasteiger partial charge on any atom is -0.350 e. The zero-order valence-corrected chi connectivity index (χ0v) is 11.9. The number of fused-ring (bicyclic) bond motifs is 1. The normalized spacial score (nSPS) is 13.6. The Morgan fingerprint density at radius 2 is 2.00 bits per heavy atom. The van der Waals surface area contributed by atoms with Gasteiger partial charge in [0.25, 0.3) is 5.92 Å². The molecule has 6 heteroatoms. The molecule has 2 rings (SSSR count). The number of hydrogen-bond acceptors (Lipinski definition) is 2. The molecule has 3 N–H and O–H groups in total. The number of carbonyl (C=O) groups excluding carboxylic acids is 1. The summed E-state index contributed by atoms with van der Waals surface area (Å²) < 4.78 is 25.8. The van der Waals surface area contributed by atoms with Gasteiger partial charge in [0.2, 0.25) is 5.91 Å². The first-order valence-electron chi connectivity index (χ1n) is 6.45. The monoisotopic (exact) mass is 304 g/mol. The van der Waals surface area contributed by atoms with Crippen molar-refractivity contribution in [1.29, 1.82) is 0 Å². The van der Waals surface area contributed by atoms with Crippen molar-refractivity contribution >= 4 is 18.3 Å². The second-order valence-electron chi connectivity index (χ2n) is 4.97. The molecule has 0 bridgehead atoms. The molecule has 0 spiro atoms. The molecule has 0 fully saturated rings. The molecule has 20 heavy (non-hydrogen) atoms. The molecule has 0 aromatic heterocycles. The van der Waals surface area contributed by atoms with E-state index < -0.39 is 24.9 Å². The van der Waals surface area contributed by atoms with Crippen LogP contribution in [0.5, 0.6) is 0 Å². The third-order valence-electron chi connectivity index (χ3n) is 3.37. The van der Waals surface area contributed by atoms with Gasteiger partial charge in [0.1, 0.15) is 0 Å². The number of alkyl halides is 2. The summed E-state index contributed by atoms with van der Waals surface area (Å²) in [4.78, 5) is 11.6. The van der Waals surface area contributed by atoms with Crippen LogP contribution in [0.2, 0.25) is 0 Å². The summed E-state index contributed by atoms with van der Waals surface area (Å²) in [7, 11) is 0. The van der Waals surface area contributed by atoms with E-state index in [0.29, 0.717) is 0 Å². The predicted molar refractivity (Wildman–Crippen MR) is 76.4 cm³/mol. The molecule has 0 unspecified atom stereocenters. The first-order chi connectivity index (χ1) is 9.00. The summed E-state index contributed by atoms with van der Waals surface area (Å²) in [5.41, 5.74) is 8.38. The van der Waals surface area contributed by atoms with Gasteiger partial charge in [-0.15, -0.1) is 12.4 Å². The Balaban J connectivity index is 0.00000200. The molecular formula is C14H19ClF2N2O. The number of benzene rings is 1. The maximum absolute atomic E-state index is 12.9. The number of carbonyl (C=O) groups is 1. The number of nitrogens with two attached hydrogens (primary N) is 1. The number of amides is 1. The Hall–Kier alpha value is -1.20. The Labute approximate surface area is 123 Å². The van der Waals surface area contributed by atoms with E-state index in [4.69, 9.17) is 5.73 Å². The van der Waals surface area contributed by atoms with Crippen LogP contribution < -0.4 is 11.1 Å². The van der Waals surface area contributed by atoms with Crippen LogP contribution in [-0.2, 0) is 24.1 Å². The van der Waals surface area contributed by atoms with Crippen molar-refractivity contribution in [2.24, 2.45) is 5.73 Å². The van der Waals surface area contributed by atoms with Crippen LogP contribution in [0, 0.1) is 0 Å². The van der Waals surface area contributed by atoms with Gasteiger partial charge in [0.05, 0.1) is 19.5 Å². The summed E-state index contributed by atoms with van der Waals surface area (Å²) in [5, 5.41) is 2.22. The molecule has 112 valence electrons. The summed E-state index contributed by atoms with van der Waals surface area (Å²) in [6.45, 7) is -1.46. The first-order valence-corrected chi connectivity index (χ1v) is 6.45. The molecule has 3 nitrogen and oxygen atoms in total. The lowest BCUT2D eigenvalue weighted by Gasteiger charge is -2.14. The fourth-order valence-corrected chi connectivity index (χ4v) is 2.28. The lowest BCUT2D eigenvalue weighted by atomic mass is 10.0. The molecule has 1 amide bonds. The van der Waals surface area contributed by atoms with Crippen molar-refractivity contribution < 1.29 is 13.6 Å². The van der Waals surface area contributed by atoms with Crippen LogP contribution in [0.1, 0.15) is 23.1 Å². The Morgan fingerprint density at radius 1 is 1.30 bits per heavy atom. The number of rotatable bonds is 5. The van der Waals surface area contributed by atoms with E-state index >= 15 is 0 Å². The van der Waals surface area contributed by atoms with Crippen LogP contribution in [-0.4, -0.2) is 24.9 Å². The molecule has 0 aliphatic heterocycles. The molecule has 0 atom stereocenters. The highest BCUT2D eigenvalue weighted by Crippen LogP contribution is 2.23. The molecule has 1 aromatic carbocycles. The van der Waals surface area contributed by atoms with Gasteiger partial charge in [-0.2, -0.15) is 0 Å². The molecular weight excluding hydrogens is 286 g/mol. The van der Waals surface area contributed by atoms with Crippen molar-refractivity contribution in [1.82, 2.24) is 5.32 Å². The first kappa shape index (κ1) is 16.9. The average Bonchev–Trinajstić information content (AvgIpc) is 2.84. The van der Waals surface area contributed by atoms with Gasteiger partial charge in [-0.05, 0) is 36.0 Å². The Bertz CT molecular complexity index is 480. The number of halogens is 3. The summed E-state index contributed by atoms with van der Waals surface area (Å²) in [6, 6.07) is 5.92. The van der Waals surface area contributed by atoms with E-state index in [-0.39, 0.29) is 18.8 Å². The number of aryl methyl sites for hydroxylation is 2. The lowest BCUT2D eigenvalue weighted by molar-refractivity contribution is -0.122. The molecule has 0 saturated carbocycles. The zero-order valence-electron chi connectivity index (χ0n) is 11.1. The standard InChI is InChI=1S/C14H18F2N2O.ClH/c15-14(16,8-17)9-18-13(19)7-10-4-5-11-2-1-3-12(11)6-10;/h4-6H,1-3,7-9,17H2,(H,18,19);1H. The van der Waals surface area contributed by atoms with E-state index in [1.165, 1.54) is 11.1 Å². The average molecular weight is 305 g/mol. The fraction of sp³-hybridized carbons (Fsp3) is 0.500. The maximum Gasteiger partial charge on any atom is 0.277 e. The summed E-state index contributed by atoms with van der Waals surface area (Å²) >= 11 is 0.